The third-order valence-corrected chi connectivity index (χ3v) is 2.63. The summed E-state index contributed by atoms with van der Waals surface area (Å²) in [7, 11) is 0. The Morgan fingerprint density at radius 1 is 0.800 bits per heavy atom. The van der Waals surface area contributed by atoms with Crippen molar-refractivity contribution in [1.29, 1.82) is 0 Å². The fraction of sp³-hybridized carbons (Fsp3) is 0.929. The molecule has 15 heavy (non-hydrogen) atoms. The lowest BCUT2D eigenvalue weighted by Crippen LogP contribution is -1.97. The molecule has 0 unspecified atom stereocenters. The normalized spacial score (nSPS) is 10.8. The highest BCUT2D eigenvalue weighted by Gasteiger charge is 1.91. The topological polar surface area (TPSA) is 9.23 Å². The molecule has 1 heteroatoms. The molecule has 91 valence electrons. The predicted molar refractivity (Wildman–Crippen MR) is 68.0 cm³/mol. The van der Waals surface area contributed by atoms with Crippen molar-refractivity contribution in [1.82, 2.24) is 0 Å². The van der Waals surface area contributed by atoms with Crippen LogP contribution in [0.4, 0.5) is 0 Å². The number of hydrogen-bond donors (Lipinski definition) is 0. The highest BCUT2D eigenvalue weighted by Crippen LogP contribution is 2.04. The summed E-state index contributed by atoms with van der Waals surface area (Å²) in [6.07, 6.45) is 14.0. The lowest BCUT2D eigenvalue weighted by Gasteiger charge is -2.03. The van der Waals surface area contributed by atoms with Crippen molar-refractivity contribution < 1.29 is 4.74 Å². The molecule has 0 N–H and O–H groups in total. The van der Waals surface area contributed by atoms with Gasteiger partial charge in [0.05, 0.1) is 0 Å². The Balaban J connectivity index is 2.81. The average Bonchev–Trinajstić information content (AvgIpc) is 2.26. The van der Waals surface area contributed by atoms with E-state index in [9.17, 15) is 0 Å². The van der Waals surface area contributed by atoms with Gasteiger partial charge in [0, 0.05) is 13.2 Å². The molecule has 0 bridgehead atoms. The van der Waals surface area contributed by atoms with Gasteiger partial charge in [0.15, 0.2) is 0 Å². The molecular weight excluding hydrogens is 184 g/mol. The molecule has 0 rings (SSSR count). The van der Waals surface area contributed by atoms with Crippen molar-refractivity contribution in [2.24, 2.45) is 0 Å². The average molecular weight is 213 g/mol. The predicted octanol–water partition coefficient (Wildman–Crippen LogP) is 4.76. The van der Waals surface area contributed by atoms with Gasteiger partial charge in [-0.1, -0.05) is 58.8 Å². The Bertz CT molecular complexity index is 89.5. The second kappa shape index (κ2) is 14.0. The van der Waals surface area contributed by atoms with Gasteiger partial charge in [-0.25, -0.2) is 0 Å². The minimum absolute atomic E-state index is 0.970. The van der Waals surface area contributed by atoms with E-state index < -0.39 is 0 Å². The molecule has 1 radical (unpaired) electrons. The second-order valence-electron chi connectivity index (χ2n) is 4.22. The Hall–Kier alpha value is -0.0400. The Labute approximate surface area is 96.6 Å². The van der Waals surface area contributed by atoms with Crippen molar-refractivity contribution in [3.8, 4) is 0 Å². The van der Waals surface area contributed by atoms with E-state index in [2.05, 4.69) is 20.3 Å². The summed E-state index contributed by atoms with van der Waals surface area (Å²) in [5.74, 6) is 0. The number of unbranched alkanes of at least 4 members (excludes halogenated alkanes) is 8. The van der Waals surface area contributed by atoms with Gasteiger partial charge < -0.3 is 4.74 Å². The van der Waals surface area contributed by atoms with E-state index in [1.54, 1.807) is 0 Å². The molecule has 0 aliphatic carbocycles. The fourth-order valence-electron chi connectivity index (χ4n) is 1.61. The van der Waals surface area contributed by atoms with E-state index in [-0.39, 0.29) is 0 Å². The van der Waals surface area contributed by atoms with E-state index in [1.807, 2.05) is 0 Å². The molecule has 0 atom stereocenters. The van der Waals surface area contributed by atoms with Crippen LogP contribution in [0.5, 0.6) is 0 Å². The van der Waals surface area contributed by atoms with Crippen LogP contribution in [0, 0.1) is 6.42 Å². The van der Waals surface area contributed by atoms with Gasteiger partial charge in [-0.15, -0.1) is 0 Å². The minimum atomic E-state index is 0.970. The lowest BCUT2D eigenvalue weighted by molar-refractivity contribution is 0.126. The van der Waals surface area contributed by atoms with Gasteiger partial charge in [0.25, 0.3) is 0 Å². The maximum absolute atomic E-state index is 5.58. The van der Waals surface area contributed by atoms with Crippen molar-refractivity contribution in [2.75, 3.05) is 13.2 Å². The van der Waals surface area contributed by atoms with Crippen molar-refractivity contribution >= 4 is 0 Å². The van der Waals surface area contributed by atoms with Crippen LogP contribution in [-0.4, -0.2) is 13.2 Å². The summed E-state index contributed by atoms with van der Waals surface area (Å²) in [6.45, 7) is 6.40. The van der Waals surface area contributed by atoms with Gasteiger partial charge in [-0.3, -0.25) is 0 Å². The molecule has 0 saturated carbocycles. The SMILES string of the molecule is CC[CH]CCCCCOCCCCCC. The van der Waals surface area contributed by atoms with Gasteiger partial charge in [-0.2, -0.15) is 0 Å². The zero-order valence-electron chi connectivity index (χ0n) is 10.8. The number of rotatable bonds is 12. The Kier molecular flexibility index (Phi) is 13.9. The van der Waals surface area contributed by atoms with Crippen molar-refractivity contribution in [3.63, 3.8) is 0 Å². The summed E-state index contributed by atoms with van der Waals surface area (Å²) in [5, 5.41) is 0. The van der Waals surface area contributed by atoms with Gasteiger partial charge in [0.2, 0.25) is 0 Å². The molecule has 0 spiro atoms. The minimum Gasteiger partial charge on any atom is -0.381 e. The van der Waals surface area contributed by atoms with Gasteiger partial charge in [0.1, 0.15) is 0 Å². The van der Waals surface area contributed by atoms with Crippen LogP contribution in [0.15, 0.2) is 0 Å². The van der Waals surface area contributed by atoms with Gasteiger partial charge in [-0.05, 0) is 19.3 Å². The quantitative estimate of drug-likeness (QED) is 0.425. The highest BCUT2D eigenvalue weighted by atomic mass is 16.5. The van der Waals surface area contributed by atoms with Crippen LogP contribution >= 0.6 is 0 Å². The molecule has 0 saturated heterocycles. The summed E-state index contributed by atoms with van der Waals surface area (Å²) in [5.41, 5.74) is 0. The first-order valence-corrected chi connectivity index (χ1v) is 6.81. The van der Waals surface area contributed by atoms with Crippen molar-refractivity contribution in [2.45, 2.75) is 71.6 Å². The largest absolute Gasteiger partial charge is 0.381 e. The van der Waals surface area contributed by atoms with Crippen LogP contribution in [-0.2, 0) is 4.74 Å². The van der Waals surface area contributed by atoms with E-state index in [0.29, 0.717) is 0 Å². The van der Waals surface area contributed by atoms with E-state index in [1.165, 1.54) is 57.8 Å². The molecule has 0 aliphatic heterocycles. The Morgan fingerprint density at radius 2 is 1.47 bits per heavy atom. The van der Waals surface area contributed by atoms with Crippen molar-refractivity contribution in [3.05, 3.63) is 6.42 Å². The number of hydrogen-bond acceptors (Lipinski definition) is 1. The van der Waals surface area contributed by atoms with Crippen LogP contribution in [0.2, 0.25) is 0 Å². The summed E-state index contributed by atoms with van der Waals surface area (Å²) in [6, 6.07) is 0. The third-order valence-electron chi connectivity index (χ3n) is 2.63. The maximum Gasteiger partial charge on any atom is 0.0466 e. The lowest BCUT2D eigenvalue weighted by atomic mass is 10.1. The Morgan fingerprint density at radius 3 is 2.07 bits per heavy atom. The highest BCUT2D eigenvalue weighted by molar-refractivity contribution is 4.60. The smallest absolute Gasteiger partial charge is 0.0466 e. The molecule has 0 amide bonds. The summed E-state index contributed by atoms with van der Waals surface area (Å²) < 4.78 is 5.58. The van der Waals surface area contributed by atoms with Crippen LogP contribution in [0.1, 0.15) is 71.6 Å². The first-order valence-electron chi connectivity index (χ1n) is 6.81. The first-order chi connectivity index (χ1) is 7.41. The summed E-state index contributed by atoms with van der Waals surface area (Å²) >= 11 is 0. The van der Waals surface area contributed by atoms with E-state index in [0.717, 1.165) is 13.2 Å². The standard InChI is InChI=1S/C14H29O/c1-3-5-7-9-10-12-14-15-13-11-8-6-4-2/h5H,3-4,6-14H2,1-2H3. The summed E-state index contributed by atoms with van der Waals surface area (Å²) in [4.78, 5) is 0. The maximum atomic E-state index is 5.58. The van der Waals surface area contributed by atoms with E-state index >= 15 is 0 Å². The third kappa shape index (κ3) is 14.0. The molecule has 0 aromatic carbocycles. The zero-order chi connectivity index (χ0) is 11.2. The zero-order valence-corrected chi connectivity index (χ0v) is 10.8. The monoisotopic (exact) mass is 213 g/mol. The first kappa shape index (κ1) is 15.0. The molecule has 0 aromatic heterocycles. The molecule has 1 nitrogen and oxygen atoms in total. The van der Waals surface area contributed by atoms with Crippen LogP contribution < -0.4 is 0 Å². The van der Waals surface area contributed by atoms with E-state index in [4.69, 9.17) is 4.74 Å². The van der Waals surface area contributed by atoms with Crippen LogP contribution in [0.3, 0.4) is 0 Å². The molecule has 0 aromatic rings. The number of ether oxygens (including phenoxy) is 1. The second-order valence-corrected chi connectivity index (χ2v) is 4.22. The molecule has 0 heterocycles. The molecule has 0 aliphatic rings. The van der Waals surface area contributed by atoms with Crippen LogP contribution in [0.25, 0.3) is 0 Å². The fourth-order valence-corrected chi connectivity index (χ4v) is 1.61. The van der Waals surface area contributed by atoms with Gasteiger partial charge >= 0.3 is 0 Å². The molecular formula is C14H29O. The molecule has 0 fully saturated rings.